The average Bonchev–Trinajstić information content (AvgIpc) is 2.69. The molecule has 1 heterocycles. The van der Waals surface area contributed by atoms with Gasteiger partial charge in [0.1, 0.15) is 5.82 Å². The molecule has 0 saturated heterocycles. The number of nitrogens with zero attached hydrogens (tertiary/aromatic N) is 3. The molecule has 2 rings (SSSR count). The van der Waals surface area contributed by atoms with Crippen LogP contribution in [0.15, 0.2) is 12.1 Å². The van der Waals surface area contributed by atoms with Gasteiger partial charge in [-0.3, -0.25) is 0 Å². The highest BCUT2D eigenvalue weighted by Gasteiger charge is 2.23. The predicted molar refractivity (Wildman–Crippen MR) is 83.3 cm³/mol. The van der Waals surface area contributed by atoms with Crippen molar-refractivity contribution in [1.29, 1.82) is 5.26 Å². The van der Waals surface area contributed by atoms with Crippen LogP contribution in [0.5, 0.6) is 0 Å². The molecule has 0 fully saturated rings. The van der Waals surface area contributed by atoms with Crippen LogP contribution in [0.2, 0.25) is 10.0 Å². The molecule has 0 aliphatic carbocycles. The first-order valence-electron chi connectivity index (χ1n) is 6.57. The zero-order chi connectivity index (χ0) is 14.9. The maximum absolute atomic E-state index is 8.70. The molecule has 0 bridgehead atoms. The molecule has 1 aromatic heterocycles. The minimum atomic E-state index is -0.0788. The van der Waals surface area contributed by atoms with Crippen LogP contribution in [0.4, 0.5) is 0 Å². The van der Waals surface area contributed by atoms with Gasteiger partial charge in [0.15, 0.2) is 0 Å². The van der Waals surface area contributed by atoms with Gasteiger partial charge in [0, 0.05) is 18.4 Å². The molecule has 0 radical (unpaired) electrons. The first kappa shape index (κ1) is 15.2. The lowest BCUT2D eigenvalue weighted by Gasteiger charge is -2.20. The monoisotopic (exact) mass is 309 g/mol. The van der Waals surface area contributed by atoms with Crippen molar-refractivity contribution in [3.8, 4) is 6.07 Å². The van der Waals surface area contributed by atoms with E-state index in [0.717, 1.165) is 29.8 Å². The van der Waals surface area contributed by atoms with Crippen molar-refractivity contribution >= 4 is 34.2 Å². The number of unbranched alkanes of at least 4 members (excludes halogenated alkanes) is 1. The molecule has 20 heavy (non-hydrogen) atoms. The van der Waals surface area contributed by atoms with Gasteiger partial charge in [-0.05, 0) is 18.6 Å². The maximum Gasteiger partial charge on any atom is 0.115 e. The molecule has 5 heteroatoms. The molecule has 106 valence electrons. The fourth-order valence-electron chi connectivity index (χ4n) is 2.24. The van der Waals surface area contributed by atoms with Gasteiger partial charge in [-0.15, -0.1) is 0 Å². The van der Waals surface area contributed by atoms with Crippen LogP contribution >= 0.6 is 23.2 Å². The molecule has 0 unspecified atom stereocenters. The molecule has 0 spiro atoms. The van der Waals surface area contributed by atoms with Crippen LogP contribution < -0.4 is 0 Å². The van der Waals surface area contributed by atoms with Gasteiger partial charge in [-0.1, -0.05) is 44.0 Å². The lowest BCUT2D eigenvalue weighted by atomic mass is 9.95. The zero-order valence-corrected chi connectivity index (χ0v) is 13.4. The maximum atomic E-state index is 8.70. The summed E-state index contributed by atoms with van der Waals surface area (Å²) in [5.74, 6) is 0.990. The summed E-state index contributed by atoms with van der Waals surface area (Å²) in [6, 6.07) is 5.83. The number of rotatable bonds is 3. The van der Waals surface area contributed by atoms with Gasteiger partial charge >= 0.3 is 0 Å². The van der Waals surface area contributed by atoms with E-state index in [1.807, 2.05) is 6.07 Å². The average molecular weight is 310 g/mol. The number of hydrogen-bond acceptors (Lipinski definition) is 2. The van der Waals surface area contributed by atoms with E-state index >= 15 is 0 Å². The molecular weight excluding hydrogens is 293 g/mol. The predicted octanol–water partition coefficient (Wildman–Crippen LogP) is 4.94. The summed E-state index contributed by atoms with van der Waals surface area (Å²) < 4.78 is 2.15. The Morgan fingerprint density at radius 1 is 1.25 bits per heavy atom. The highest BCUT2D eigenvalue weighted by molar-refractivity contribution is 6.42. The summed E-state index contributed by atoms with van der Waals surface area (Å²) in [4.78, 5) is 4.70. The number of halogens is 2. The number of aromatic nitrogens is 2. The van der Waals surface area contributed by atoms with Crippen molar-refractivity contribution in [2.75, 3.05) is 0 Å². The molecule has 2 aromatic rings. The molecular formula is C15H17Cl2N3. The standard InChI is InChI=1S/C15H17Cl2N3/c1-15(2,3)14-19-12-8-10(16)11(17)9-13(12)20(14)7-5-4-6-18/h8-9H,4-5,7H2,1-3H3. The first-order valence-corrected chi connectivity index (χ1v) is 7.33. The normalized spacial score (nSPS) is 11.8. The molecule has 3 nitrogen and oxygen atoms in total. The molecule has 0 aliphatic rings. The second-order valence-electron chi connectivity index (χ2n) is 5.85. The third-order valence-corrected chi connectivity index (χ3v) is 3.85. The summed E-state index contributed by atoms with van der Waals surface area (Å²) in [6.07, 6.45) is 1.33. The van der Waals surface area contributed by atoms with E-state index in [9.17, 15) is 0 Å². The Morgan fingerprint density at radius 2 is 1.90 bits per heavy atom. The summed E-state index contributed by atoms with van der Waals surface area (Å²) in [7, 11) is 0. The third kappa shape index (κ3) is 2.92. The van der Waals surface area contributed by atoms with Crippen molar-refractivity contribution in [2.45, 2.75) is 45.6 Å². The largest absolute Gasteiger partial charge is 0.327 e. The van der Waals surface area contributed by atoms with Crippen LogP contribution in [0.3, 0.4) is 0 Å². The molecule has 0 saturated carbocycles. The zero-order valence-electron chi connectivity index (χ0n) is 11.9. The highest BCUT2D eigenvalue weighted by atomic mass is 35.5. The lowest BCUT2D eigenvalue weighted by Crippen LogP contribution is -2.19. The van der Waals surface area contributed by atoms with Crippen LogP contribution in [0.1, 0.15) is 39.4 Å². The van der Waals surface area contributed by atoms with Gasteiger partial charge in [0.25, 0.3) is 0 Å². The Balaban J connectivity index is 2.59. The van der Waals surface area contributed by atoms with E-state index < -0.39 is 0 Å². The fourth-order valence-corrected chi connectivity index (χ4v) is 2.55. The van der Waals surface area contributed by atoms with Gasteiger partial charge < -0.3 is 4.57 Å². The third-order valence-electron chi connectivity index (χ3n) is 3.13. The molecule has 1 aromatic carbocycles. The summed E-state index contributed by atoms with van der Waals surface area (Å²) in [6.45, 7) is 7.13. The quantitative estimate of drug-likeness (QED) is 0.753. The smallest absolute Gasteiger partial charge is 0.115 e. The van der Waals surface area contributed by atoms with E-state index in [-0.39, 0.29) is 5.41 Å². The number of fused-ring (bicyclic) bond motifs is 1. The van der Waals surface area contributed by atoms with Gasteiger partial charge in [-0.25, -0.2) is 4.98 Å². The second-order valence-corrected chi connectivity index (χ2v) is 6.67. The molecule has 0 N–H and O–H groups in total. The Morgan fingerprint density at radius 3 is 2.50 bits per heavy atom. The van der Waals surface area contributed by atoms with Crippen LogP contribution in [-0.4, -0.2) is 9.55 Å². The molecule has 0 atom stereocenters. The van der Waals surface area contributed by atoms with Crippen LogP contribution in [0.25, 0.3) is 11.0 Å². The van der Waals surface area contributed by atoms with E-state index in [0.29, 0.717) is 16.5 Å². The van der Waals surface area contributed by atoms with Gasteiger partial charge in [-0.2, -0.15) is 5.26 Å². The fraction of sp³-hybridized carbons (Fsp3) is 0.467. The minimum Gasteiger partial charge on any atom is -0.327 e. The van der Waals surface area contributed by atoms with Crippen molar-refractivity contribution in [3.05, 3.63) is 28.0 Å². The van der Waals surface area contributed by atoms with Crippen molar-refractivity contribution in [3.63, 3.8) is 0 Å². The number of hydrogen-bond donors (Lipinski definition) is 0. The Labute approximate surface area is 129 Å². The van der Waals surface area contributed by atoms with Crippen molar-refractivity contribution in [2.24, 2.45) is 0 Å². The van der Waals surface area contributed by atoms with E-state index in [2.05, 4.69) is 31.4 Å². The van der Waals surface area contributed by atoms with E-state index in [1.165, 1.54) is 0 Å². The Bertz CT molecular complexity index is 675. The number of aryl methyl sites for hydroxylation is 1. The summed E-state index contributed by atoms with van der Waals surface area (Å²) >= 11 is 12.2. The summed E-state index contributed by atoms with van der Waals surface area (Å²) in [5, 5.41) is 9.75. The Kier molecular flexibility index (Phi) is 4.27. The minimum absolute atomic E-state index is 0.0788. The van der Waals surface area contributed by atoms with Gasteiger partial charge in [0.2, 0.25) is 0 Å². The SMILES string of the molecule is CC(C)(C)c1nc2cc(Cl)c(Cl)cc2n1CCCC#N. The van der Waals surface area contributed by atoms with Crippen LogP contribution in [-0.2, 0) is 12.0 Å². The first-order chi connectivity index (χ1) is 9.34. The van der Waals surface area contributed by atoms with Crippen molar-refractivity contribution in [1.82, 2.24) is 9.55 Å². The summed E-state index contributed by atoms with van der Waals surface area (Å²) in [5.41, 5.74) is 1.74. The van der Waals surface area contributed by atoms with Crippen molar-refractivity contribution < 1.29 is 0 Å². The Hall–Kier alpha value is -1.24. The van der Waals surface area contributed by atoms with Crippen LogP contribution in [0, 0.1) is 11.3 Å². The number of nitriles is 1. The number of benzene rings is 1. The van der Waals surface area contributed by atoms with E-state index in [4.69, 9.17) is 33.4 Å². The second kappa shape index (κ2) is 5.63. The number of imidazole rings is 1. The molecule has 0 aliphatic heterocycles. The highest BCUT2D eigenvalue weighted by Crippen LogP contribution is 2.32. The van der Waals surface area contributed by atoms with Gasteiger partial charge in [0.05, 0.1) is 27.1 Å². The topological polar surface area (TPSA) is 41.6 Å². The molecule has 0 amide bonds. The van der Waals surface area contributed by atoms with E-state index in [1.54, 1.807) is 6.07 Å². The lowest BCUT2D eigenvalue weighted by molar-refractivity contribution is 0.498.